The Labute approximate surface area is 425 Å². The zero-order valence-corrected chi connectivity index (χ0v) is 46.2. The van der Waals surface area contributed by atoms with Crippen molar-refractivity contribution in [3.8, 4) is 23.0 Å². The Balaban J connectivity index is 1.62. The van der Waals surface area contributed by atoms with Crippen molar-refractivity contribution in [3.63, 3.8) is 0 Å². The minimum Gasteiger partial charge on any atom is -0.491 e. The van der Waals surface area contributed by atoms with Gasteiger partial charge in [-0.15, -0.1) is 0 Å². The van der Waals surface area contributed by atoms with Crippen molar-refractivity contribution < 1.29 is 18.9 Å². The van der Waals surface area contributed by atoms with Gasteiger partial charge in [0.1, 0.15) is 36.2 Å². The Bertz CT molecular complexity index is 2400. The molecule has 1 aliphatic heterocycles. The zero-order valence-electron chi connectivity index (χ0n) is 42.9. The third kappa shape index (κ3) is 12.8. The lowest BCUT2D eigenvalue weighted by Crippen LogP contribution is -2.14. The second-order valence-electron chi connectivity index (χ2n) is 21.9. The summed E-state index contributed by atoms with van der Waals surface area (Å²) < 4.78 is 28.3. The third-order valence-corrected chi connectivity index (χ3v) is 16.0. The average Bonchev–Trinajstić information content (AvgIpc) is 3.26. The standard InChI is InChI=1S/C60H72O4S4/c1-15-27-61-53-45-29-41(57(3,4)5)30-46(53)66-50-34-44(60(12,13)14)36-52(56(50)64-38-40-25-21-18-22-26-40)68-48-32-42(58(6,7)8)31-47(54(48)62-28-16-2)67-51-35-43(59(9,10)11)33-49(65-45)55(51)63-37-39-23-19-17-20-24-39/h17-26,29-36H,15-16,27-28,37-38H2,1-14H3. The van der Waals surface area contributed by atoms with Crippen LogP contribution in [0.25, 0.3) is 0 Å². The fourth-order valence-electron chi connectivity index (χ4n) is 7.56. The summed E-state index contributed by atoms with van der Waals surface area (Å²) >= 11 is 7.01. The first-order valence-corrected chi connectivity index (χ1v) is 27.4. The molecule has 1 heterocycles. The molecule has 0 amide bonds. The van der Waals surface area contributed by atoms with Crippen LogP contribution in [0.1, 0.15) is 143 Å². The highest BCUT2D eigenvalue weighted by atomic mass is 32.2. The van der Waals surface area contributed by atoms with E-state index in [1.807, 2.05) is 0 Å². The highest BCUT2D eigenvalue weighted by Crippen LogP contribution is 2.56. The third-order valence-electron chi connectivity index (χ3n) is 11.8. The highest BCUT2D eigenvalue weighted by molar-refractivity contribution is 8.01. The summed E-state index contributed by atoms with van der Waals surface area (Å²) in [6.45, 7) is 34.0. The van der Waals surface area contributed by atoms with Gasteiger partial charge in [0.25, 0.3) is 0 Å². The van der Waals surface area contributed by atoms with Gasteiger partial charge < -0.3 is 18.9 Å². The average molecular weight is 985 g/mol. The van der Waals surface area contributed by atoms with E-state index >= 15 is 0 Å². The van der Waals surface area contributed by atoms with Gasteiger partial charge >= 0.3 is 0 Å². The van der Waals surface area contributed by atoms with Crippen molar-refractivity contribution in [3.05, 3.63) is 143 Å². The molecule has 0 spiro atoms. The summed E-state index contributed by atoms with van der Waals surface area (Å²) in [4.78, 5) is 8.43. The maximum absolute atomic E-state index is 7.16. The van der Waals surface area contributed by atoms with Crippen molar-refractivity contribution in [1.29, 1.82) is 0 Å². The molecule has 0 atom stereocenters. The first-order chi connectivity index (χ1) is 32.1. The Morgan fingerprint density at radius 2 is 0.544 bits per heavy atom. The predicted molar refractivity (Wildman–Crippen MR) is 290 cm³/mol. The molecule has 0 aliphatic carbocycles. The summed E-state index contributed by atoms with van der Waals surface area (Å²) in [6, 6.07) is 39.8. The molecule has 6 aromatic carbocycles. The molecule has 8 heteroatoms. The summed E-state index contributed by atoms with van der Waals surface area (Å²) in [6.07, 6.45) is 1.76. The normalized spacial score (nSPS) is 13.3. The van der Waals surface area contributed by atoms with Gasteiger partial charge in [0, 0.05) is 0 Å². The van der Waals surface area contributed by atoms with Gasteiger partial charge in [-0.2, -0.15) is 0 Å². The fraction of sp³-hybridized carbons (Fsp3) is 0.400. The van der Waals surface area contributed by atoms with Gasteiger partial charge in [-0.1, -0.05) is 205 Å². The summed E-state index contributed by atoms with van der Waals surface area (Å²) in [5, 5.41) is 0. The van der Waals surface area contributed by atoms with Crippen LogP contribution in [-0.4, -0.2) is 13.2 Å². The van der Waals surface area contributed by atoms with E-state index in [1.54, 1.807) is 47.0 Å². The maximum Gasteiger partial charge on any atom is 0.147 e. The Hall–Kier alpha value is -4.08. The lowest BCUT2D eigenvalue weighted by atomic mass is 9.87. The first kappa shape index (κ1) is 51.8. The van der Waals surface area contributed by atoms with E-state index in [4.69, 9.17) is 18.9 Å². The number of ether oxygens (including phenoxy) is 4. The molecular weight excluding hydrogens is 913 g/mol. The van der Waals surface area contributed by atoms with E-state index in [-0.39, 0.29) is 21.7 Å². The smallest absolute Gasteiger partial charge is 0.147 e. The van der Waals surface area contributed by atoms with Crippen molar-refractivity contribution >= 4 is 47.0 Å². The van der Waals surface area contributed by atoms with Crippen LogP contribution in [0.5, 0.6) is 23.0 Å². The van der Waals surface area contributed by atoms with Crippen molar-refractivity contribution in [2.24, 2.45) is 0 Å². The van der Waals surface area contributed by atoms with Crippen LogP contribution >= 0.6 is 47.0 Å². The van der Waals surface area contributed by atoms with Crippen LogP contribution in [0, 0.1) is 0 Å². The lowest BCUT2D eigenvalue weighted by Gasteiger charge is -2.28. The van der Waals surface area contributed by atoms with Gasteiger partial charge in [-0.3, -0.25) is 0 Å². The fourth-order valence-corrected chi connectivity index (χ4v) is 12.3. The van der Waals surface area contributed by atoms with Crippen molar-refractivity contribution in [1.82, 2.24) is 0 Å². The van der Waals surface area contributed by atoms with Gasteiger partial charge in [0.15, 0.2) is 0 Å². The second-order valence-corrected chi connectivity index (χ2v) is 26.2. The van der Waals surface area contributed by atoms with Crippen LogP contribution in [0.15, 0.2) is 148 Å². The minimum atomic E-state index is -0.154. The molecule has 1 aliphatic rings. The highest BCUT2D eigenvalue weighted by Gasteiger charge is 2.30. The van der Waals surface area contributed by atoms with Crippen LogP contribution in [0.3, 0.4) is 0 Å². The SMILES string of the molecule is CCCOc1c2cc(C(C)(C)C)cc1Sc1cc(C(C)(C)C)cc(c1OCc1ccccc1)Sc1cc(C(C)(C)C)cc(c1OCCC)Sc1cc(C(C)(C)C)cc(c1OCc1ccccc1)S2. The molecule has 0 N–H and O–H groups in total. The van der Waals surface area contributed by atoms with Crippen LogP contribution < -0.4 is 18.9 Å². The molecule has 360 valence electrons. The molecular formula is C60H72O4S4. The second kappa shape index (κ2) is 21.5. The summed E-state index contributed by atoms with van der Waals surface area (Å²) in [5.41, 5.74) is 6.54. The van der Waals surface area contributed by atoms with E-state index in [2.05, 4.69) is 206 Å². The molecule has 0 saturated heterocycles. The first-order valence-electron chi connectivity index (χ1n) is 24.2. The van der Waals surface area contributed by atoms with Gasteiger partial charge in [0.05, 0.1) is 52.4 Å². The summed E-state index contributed by atoms with van der Waals surface area (Å²) in [5.74, 6) is 3.47. The Morgan fingerprint density at radius 3 is 0.750 bits per heavy atom. The maximum atomic E-state index is 7.16. The Kier molecular flexibility index (Phi) is 16.4. The van der Waals surface area contributed by atoms with Crippen LogP contribution in [0.4, 0.5) is 0 Å². The van der Waals surface area contributed by atoms with Crippen molar-refractivity contribution in [2.75, 3.05) is 13.2 Å². The molecule has 8 bridgehead atoms. The molecule has 6 aromatic rings. The number of benzene rings is 6. The summed E-state index contributed by atoms with van der Waals surface area (Å²) in [7, 11) is 0. The van der Waals surface area contributed by atoms with Crippen LogP contribution in [0.2, 0.25) is 0 Å². The lowest BCUT2D eigenvalue weighted by molar-refractivity contribution is 0.290. The van der Waals surface area contributed by atoms with Gasteiger partial charge in [-0.05, 0) is 116 Å². The largest absolute Gasteiger partial charge is 0.491 e. The van der Waals surface area contributed by atoms with Crippen LogP contribution in [-0.2, 0) is 34.9 Å². The predicted octanol–water partition coefficient (Wildman–Crippen LogP) is 18.5. The number of rotatable bonds is 12. The molecule has 0 fully saturated rings. The van der Waals surface area contributed by atoms with Crippen molar-refractivity contribution in [2.45, 2.75) is 184 Å². The number of fused-ring (bicyclic) bond motifs is 8. The molecule has 0 saturated carbocycles. The molecule has 4 nitrogen and oxygen atoms in total. The number of hydrogen-bond acceptors (Lipinski definition) is 8. The minimum absolute atomic E-state index is 0.154. The van der Waals surface area contributed by atoms with E-state index in [0.717, 1.165) is 86.1 Å². The topological polar surface area (TPSA) is 36.9 Å². The van der Waals surface area contributed by atoms with E-state index in [9.17, 15) is 0 Å². The Morgan fingerprint density at radius 1 is 0.324 bits per heavy atom. The molecule has 7 rings (SSSR count). The van der Waals surface area contributed by atoms with E-state index in [1.165, 1.54) is 22.3 Å². The van der Waals surface area contributed by atoms with E-state index in [0.29, 0.717) is 26.4 Å². The van der Waals surface area contributed by atoms with Gasteiger partial charge in [-0.25, -0.2) is 0 Å². The quantitative estimate of drug-likeness (QED) is 0.120. The number of hydrogen-bond donors (Lipinski definition) is 0. The van der Waals surface area contributed by atoms with Gasteiger partial charge in [0.2, 0.25) is 0 Å². The molecule has 0 aromatic heterocycles. The molecule has 0 unspecified atom stereocenters. The molecule has 0 radical (unpaired) electrons. The zero-order chi connectivity index (χ0) is 49.0. The molecule has 68 heavy (non-hydrogen) atoms. The van der Waals surface area contributed by atoms with E-state index < -0.39 is 0 Å². The monoisotopic (exact) mass is 984 g/mol.